The molecule has 0 atom stereocenters. The maximum Gasteiger partial charge on any atom is 0.127 e. The molecule has 1 aromatic carbocycles. The Kier molecular flexibility index (Phi) is 2.65. The van der Waals surface area contributed by atoms with E-state index in [-0.39, 0.29) is 11.5 Å². The van der Waals surface area contributed by atoms with E-state index >= 15 is 0 Å². The normalized spacial score (nSPS) is 9.75. The molecule has 0 aliphatic rings. The van der Waals surface area contributed by atoms with E-state index in [0.717, 1.165) is 12.0 Å². The molecule has 0 bridgehead atoms. The maximum atomic E-state index is 9.30. The van der Waals surface area contributed by atoms with Crippen LogP contribution in [-0.2, 0) is 6.42 Å². The van der Waals surface area contributed by atoms with Crippen LogP contribution in [0.15, 0.2) is 12.1 Å². The minimum atomic E-state index is 0.0275. The lowest BCUT2D eigenvalue weighted by Crippen LogP contribution is -1.86. The van der Waals surface area contributed by atoms with Crippen LogP contribution in [0, 0.1) is 0 Å². The van der Waals surface area contributed by atoms with Gasteiger partial charge in [-0.25, -0.2) is 0 Å². The van der Waals surface area contributed by atoms with Crippen molar-refractivity contribution >= 4 is 17.6 Å². The van der Waals surface area contributed by atoms with Crippen molar-refractivity contribution in [2.45, 2.75) is 13.3 Å². The second-order valence-electron chi connectivity index (χ2n) is 2.51. The molecule has 2 nitrogen and oxygen atoms in total. The number of benzene rings is 1. The lowest BCUT2D eigenvalue weighted by Gasteiger charge is -2.04. The first-order valence-corrected chi connectivity index (χ1v) is 4.16. The molecule has 0 amide bonds. The summed E-state index contributed by atoms with van der Waals surface area (Å²) in [5, 5.41) is 20.0. The highest BCUT2D eigenvalue weighted by Crippen LogP contribution is 2.26. The number of aryl methyl sites for hydroxylation is 1. The molecular formula is C9H10O2S. The molecule has 64 valence electrons. The van der Waals surface area contributed by atoms with Gasteiger partial charge in [-0.05, 0) is 18.1 Å². The van der Waals surface area contributed by atoms with E-state index in [1.54, 1.807) is 6.07 Å². The summed E-state index contributed by atoms with van der Waals surface area (Å²) in [5.74, 6) is 0.148. The second kappa shape index (κ2) is 3.54. The fourth-order valence-corrected chi connectivity index (χ4v) is 1.21. The quantitative estimate of drug-likeness (QED) is 0.687. The number of phenols is 2. The van der Waals surface area contributed by atoms with Crippen LogP contribution in [0.5, 0.6) is 11.5 Å². The first kappa shape index (κ1) is 9.00. The molecule has 1 rings (SSSR count). The van der Waals surface area contributed by atoms with Crippen molar-refractivity contribution in [2.75, 3.05) is 0 Å². The van der Waals surface area contributed by atoms with Crippen LogP contribution in [0.1, 0.15) is 18.1 Å². The predicted molar refractivity (Wildman–Crippen MR) is 51.9 cm³/mol. The first-order chi connectivity index (χ1) is 5.69. The van der Waals surface area contributed by atoms with Crippen molar-refractivity contribution < 1.29 is 10.2 Å². The van der Waals surface area contributed by atoms with Crippen molar-refractivity contribution in [3.63, 3.8) is 0 Å². The highest BCUT2D eigenvalue weighted by atomic mass is 32.1. The standard InChI is InChI=1S/C9H10O2S/c1-2-6-3-7(5-12)9(11)4-8(6)10/h3-5,10-11H,2H2,1H3. The average Bonchev–Trinajstić information content (AvgIpc) is 2.05. The highest BCUT2D eigenvalue weighted by Gasteiger charge is 2.04. The van der Waals surface area contributed by atoms with Crippen LogP contribution in [0.2, 0.25) is 0 Å². The lowest BCUT2D eigenvalue weighted by molar-refractivity contribution is 0.446. The summed E-state index contributed by atoms with van der Waals surface area (Å²) in [6, 6.07) is 3.01. The van der Waals surface area contributed by atoms with E-state index in [1.807, 2.05) is 6.92 Å². The van der Waals surface area contributed by atoms with Crippen molar-refractivity contribution in [3.8, 4) is 11.5 Å². The molecule has 0 saturated carbocycles. The molecule has 0 aromatic heterocycles. The monoisotopic (exact) mass is 182 g/mol. The van der Waals surface area contributed by atoms with Crippen LogP contribution in [0.25, 0.3) is 0 Å². The summed E-state index contributed by atoms with van der Waals surface area (Å²) in [6.07, 6.45) is 0.724. The average molecular weight is 182 g/mol. The van der Waals surface area contributed by atoms with Gasteiger partial charge in [0.05, 0.1) is 0 Å². The van der Waals surface area contributed by atoms with Gasteiger partial charge in [0.1, 0.15) is 11.5 Å². The van der Waals surface area contributed by atoms with Crippen molar-refractivity contribution in [1.29, 1.82) is 0 Å². The van der Waals surface area contributed by atoms with E-state index in [2.05, 4.69) is 0 Å². The van der Waals surface area contributed by atoms with Gasteiger partial charge in [0, 0.05) is 17.0 Å². The lowest BCUT2D eigenvalue weighted by atomic mass is 10.1. The third-order valence-electron chi connectivity index (χ3n) is 1.74. The van der Waals surface area contributed by atoms with Gasteiger partial charge in [0.15, 0.2) is 0 Å². The Bertz CT molecular complexity index is 308. The molecule has 0 unspecified atom stereocenters. The summed E-state index contributed by atoms with van der Waals surface area (Å²) >= 11 is 4.69. The summed E-state index contributed by atoms with van der Waals surface area (Å²) < 4.78 is 0. The highest BCUT2D eigenvalue weighted by molar-refractivity contribution is 7.79. The van der Waals surface area contributed by atoms with Crippen LogP contribution in [0.4, 0.5) is 0 Å². The van der Waals surface area contributed by atoms with Gasteiger partial charge in [-0.3, -0.25) is 0 Å². The number of hydrogen-bond acceptors (Lipinski definition) is 3. The molecular weight excluding hydrogens is 172 g/mol. The summed E-state index contributed by atoms with van der Waals surface area (Å²) in [7, 11) is 0. The molecule has 0 saturated heterocycles. The number of hydrogen-bond donors (Lipinski definition) is 2. The number of aromatic hydroxyl groups is 2. The molecule has 12 heavy (non-hydrogen) atoms. The molecule has 0 radical (unpaired) electrons. The molecule has 3 heteroatoms. The molecule has 0 fully saturated rings. The van der Waals surface area contributed by atoms with Gasteiger partial charge in [-0.15, -0.1) is 0 Å². The molecule has 0 aliphatic carbocycles. The van der Waals surface area contributed by atoms with Gasteiger partial charge in [0.25, 0.3) is 0 Å². The van der Waals surface area contributed by atoms with Gasteiger partial charge in [-0.1, -0.05) is 19.1 Å². The Morgan fingerprint density at radius 3 is 2.50 bits per heavy atom. The zero-order chi connectivity index (χ0) is 9.14. The topological polar surface area (TPSA) is 40.5 Å². The number of rotatable bonds is 2. The van der Waals surface area contributed by atoms with Crippen LogP contribution >= 0.6 is 12.2 Å². The zero-order valence-corrected chi connectivity index (χ0v) is 7.56. The molecule has 1 aromatic rings. The third-order valence-corrected chi connectivity index (χ3v) is 1.99. The van der Waals surface area contributed by atoms with Gasteiger partial charge in [0.2, 0.25) is 0 Å². The van der Waals surface area contributed by atoms with E-state index in [4.69, 9.17) is 12.2 Å². The van der Waals surface area contributed by atoms with Crippen molar-refractivity contribution in [2.24, 2.45) is 0 Å². The predicted octanol–water partition coefficient (Wildman–Crippen LogP) is 2.01. The Labute approximate surface area is 76.5 Å². The SMILES string of the molecule is CCc1cc(C=S)c(O)cc1O. The Hall–Kier alpha value is -1.09. The number of phenolic OH excluding ortho intramolecular Hbond substituents is 2. The smallest absolute Gasteiger partial charge is 0.127 e. The Morgan fingerprint density at radius 1 is 1.33 bits per heavy atom. The van der Waals surface area contributed by atoms with Crippen LogP contribution in [0.3, 0.4) is 0 Å². The second-order valence-corrected chi connectivity index (χ2v) is 2.75. The first-order valence-electron chi connectivity index (χ1n) is 3.69. The minimum Gasteiger partial charge on any atom is -0.508 e. The molecule has 2 N–H and O–H groups in total. The zero-order valence-electron chi connectivity index (χ0n) is 6.74. The van der Waals surface area contributed by atoms with E-state index < -0.39 is 0 Å². The summed E-state index contributed by atoms with van der Waals surface area (Å²) in [4.78, 5) is 0. The van der Waals surface area contributed by atoms with Crippen LogP contribution in [-0.4, -0.2) is 15.6 Å². The molecule has 0 aliphatic heterocycles. The van der Waals surface area contributed by atoms with E-state index in [1.165, 1.54) is 11.4 Å². The Balaban J connectivity index is 3.26. The fraction of sp³-hybridized carbons (Fsp3) is 0.222. The van der Waals surface area contributed by atoms with Crippen molar-refractivity contribution in [3.05, 3.63) is 23.3 Å². The fourth-order valence-electron chi connectivity index (χ4n) is 1.02. The van der Waals surface area contributed by atoms with Crippen molar-refractivity contribution in [1.82, 2.24) is 0 Å². The molecule has 0 heterocycles. The largest absolute Gasteiger partial charge is 0.508 e. The third kappa shape index (κ3) is 1.56. The summed E-state index contributed by atoms with van der Waals surface area (Å²) in [6.45, 7) is 1.93. The maximum absolute atomic E-state index is 9.30. The van der Waals surface area contributed by atoms with E-state index in [0.29, 0.717) is 5.56 Å². The van der Waals surface area contributed by atoms with Gasteiger partial charge < -0.3 is 10.2 Å². The number of thiocarbonyl (C=S) groups is 1. The Morgan fingerprint density at radius 2 is 2.00 bits per heavy atom. The minimum absolute atomic E-state index is 0.0275. The van der Waals surface area contributed by atoms with Crippen LogP contribution < -0.4 is 0 Å². The van der Waals surface area contributed by atoms with E-state index in [9.17, 15) is 10.2 Å². The van der Waals surface area contributed by atoms with Gasteiger partial charge in [-0.2, -0.15) is 0 Å². The van der Waals surface area contributed by atoms with Gasteiger partial charge >= 0.3 is 0 Å². The summed E-state index contributed by atoms with van der Waals surface area (Å²) in [5.41, 5.74) is 1.38. The molecule has 0 spiro atoms.